The fourth-order valence-electron chi connectivity index (χ4n) is 1.40. The number of benzene rings is 1. The largest absolute Gasteiger partial charge is 0.347 e. The zero-order valence-corrected chi connectivity index (χ0v) is 9.06. The maximum atomic E-state index is 13.3. The van der Waals surface area contributed by atoms with Gasteiger partial charge in [-0.1, -0.05) is 24.3 Å². The van der Waals surface area contributed by atoms with Crippen molar-refractivity contribution >= 4 is 5.91 Å². The number of amides is 1. The van der Waals surface area contributed by atoms with Crippen LogP contribution in [-0.2, 0) is 6.54 Å². The van der Waals surface area contributed by atoms with E-state index in [1.54, 1.807) is 36.4 Å². The fourth-order valence-corrected chi connectivity index (χ4v) is 1.40. The monoisotopic (exact) mass is 230 g/mol. The number of rotatable bonds is 3. The minimum atomic E-state index is -0.325. The van der Waals surface area contributed by atoms with Gasteiger partial charge in [0.25, 0.3) is 5.91 Å². The van der Waals surface area contributed by atoms with E-state index in [1.165, 1.54) is 12.3 Å². The van der Waals surface area contributed by atoms with Crippen molar-refractivity contribution in [3.63, 3.8) is 0 Å². The minimum absolute atomic E-state index is 0.155. The van der Waals surface area contributed by atoms with E-state index in [2.05, 4.69) is 10.3 Å². The Bertz CT molecular complexity index is 514. The van der Waals surface area contributed by atoms with Gasteiger partial charge in [0, 0.05) is 18.3 Å². The molecule has 1 amide bonds. The molecule has 0 saturated carbocycles. The Hall–Kier alpha value is -2.23. The van der Waals surface area contributed by atoms with Gasteiger partial charge in [-0.3, -0.25) is 9.78 Å². The van der Waals surface area contributed by atoms with Crippen molar-refractivity contribution in [2.75, 3.05) is 0 Å². The van der Waals surface area contributed by atoms with Crippen molar-refractivity contribution < 1.29 is 9.18 Å². The van der Waals surface area contributed by atoms with Crippen LogP contribution in [-0.4, -0.2) is 10.9 Å². The van der Waals surface area contributed by atoms with Crippen LogP contribution in [0.1, 0.15) is 16.1 Å². The molecular weight excluding hydrogens is 219 g/mol. The number of carbonyl (C=O) groups excluding carboxylic acids is 1. The molecule has 1 N–H and O–H groups in total. The predicted octanol–water partition coefficient (Wildman–Crippen LogP) is 2.15. The van der Waals surface area contributed by atoms with Crippen molar-refractivity contribution in [1.29, 1.82) is 0 Å². The summed E-state index contributed by atoms with van der Waals surface area (Å²) in [4.78, 5) is 15.5. The van der Waals surface area contributed by atoms with Crippen LogP contribution >= 0.6 is 0 Å². The molecule has 0 fully saturated rings. The number of halogens is 1. The summed E-state index contributed by atoms with van der Waals surface area (Å²) < 4.78 is 13.3. The highest BCUT2D eigenvalue weighted by Crippen LogP contribution is 2.05. The van der Waals surface area contributed by atoms with Gasteiger partial charge in [0.05, 0.1) is 0 Å². The number of nitrogens with zero attached hydrogens (tertiary/aromatic N) is 1. The van der Waals surface area contributed by atoms with E-state index in [0.717, 1.165) is 0 Å². The molecule has 1 heterocycles. The lowest BCUT2D eigenvalue weighted by Gasteiger charge is -2.05. The highest BCUT2D eigenvalue weighted by atomic mass is 19.1. The van der Waals surface area contributed by atoms with Crippen LogP contribution in [0, 0.1) is 5.82 Å². The third-order valence-corrected chi connectivity index (χ3v) is 2.29. The zero-order valence-electron chi connectivity index (χ0n) is 9.06. The van der Waals surface area contributed by atoms with Crippen LogP contribution in [0.3, 0.4) is 0 Å². The van der Waals surface area contributed by atoms with E-state index in [1.807, 2.05) is 0 Å². The molecule has 3 nitrogen and oxygen atoms in total. The number of hydrogen-bond donors (Lipinski definition) is 1. The van der Waals surface area contributed by atoms with E-state index in [4.69, 9.17) is 0 Å². The quantitative estimate of drug-likeness (QED) is 0.877. The first-order valence-corrected chi connectivity index (χ1v) is 5.20. The van der Waals surface area contributed by atoms with Crippen LogP contribution in [0.15, 0.2) is 48.7 Å². The molecule has 1 aromatic heterocycles. The molecule has 0 spiro atoms. The van der Waals surface area contributed by atoms with Crippen molar-refractivity contribution in [2.24, 2.45) is 0 Å². The second-order valence-electron chi connectivity index (χ2n) is 3.49. The highest BCUT2D eigenvalue weighted by Gasteiger charge is 2.07. The third-order valence-electron chi connectivity index (χ3n) is 2.29. The summed E-state index contributed by atoms with van der Waals surface area (Å²) in [5, 5.41) is 2.61. The molecule has 0 aliphatic rings. The summed E-state index contributed by atoms with van der Waals surface area (Å²) in [6.07, 6.45) is 1.54. The normalized spacial score (nSPS) is 9.94. The molecular formula is C13H11FN2O. The van der Waals surface area contributed by atoms with Gasteiger partial charge in [-0.15, -0.1) is 0 Å². The SMILES string of the molecule is O=C(NCc1ccccc1F)c1ccccn1. The van der Waals surface area contributed by atoms with Gasteiger partial charge >= 0.3 is 0 Å². The van der Waals surface area contributed by atoms with Crippen molar-refractivity contribution in [3.05, 3.63) is 65.7 Å². The Balaban J connectivity index is 2.00. The summed E-state index contributed by atoms with van der Waals surface area (Å²) in [6, 6.07) is 11.4. The van der Waals surface area contributed by atoms with Gasteiger partial charge in [-0.05, 0) is 18.2 Å². The molecule has 0 atom stereocenters. The van der Waals surface area contributed by atoms with E-state index < -0.39 is 0 Å². The molecule has 4 heteroatoms. The van der Waals surface area contributed by atoms with Crippen LogP contribution < -0.4 is 5.32 Å². The molecule has 17 heavy (non-hydrogen) atoms. The predicted molar refractivity (Wildman–Crippen MR) is 61.8 cm³/mol. The van der Waals surface area contributed by atoms with Crippen LogP contribution in [0.4, 0.5) is 4.39 Å². The smallest absolute Gasteiger partial charge is 0.270 e. The van der Waals surface area contributed by atoms with E-state index >= 15 is 0 Å². The standard InChI is InChI=1S/C13H11FN2O/c14-11-6-2-1-5-10(11)9-16-13(17)12-7-3-4-8-15-12/h1-8H,9H2,(H,16,17). The summed E-state index contributed by atoms with van der Waals surface area (Å²) in [5.41, 5.74) is 0.778. The van der Waals surface area contributed by atoms with Crippen LogP contribution in [0.25, 0.3) is 0 Å². The fraction of sp³-hybridized carbons (Fsp3) is 0.0769. The van der Waals surface area contributed by atoms with Gasteiger partial charge in [0.1, 0.15) is 11.5 Å². The third kappa shape index (κ3) is 2.87. The highest BCUT2D eigenvalue weighted by molar-refractivity contribution is 5.92. The van der Waals surface area contributed by atoms with Gasteiger partial charge < -0.3 is 5.32 Å². The Morgan fingerprint density at radius 3 is 2.65 bits per heavy atom. The summed E-state index contributed by atoms with van der Waals surface area (Å²) >= 11 is 0. The molecule has 0 saturated heterocycles. The van der Waals surface area contributed by atoms with E-state index in [9.17, 15) is 9.18 Å². The number of pyridine rings is 1. The molecule has 0 radical (unpaired) electrons. The molecule has 2 rings (SSSR count). The second-order valence-corrected chi connectivity index (χ2v) is 3.49. The van der Waals surface area contributed by atoms with Crippen LogP contribution in [0.5, 0.6) is 0 Å². The molecule has 0 aliphatic heterocycles. The molecule has 86 valence electrons. The molecule has 1 aromatic carbocycles. The van der Waals surface area contributed by atoms with Crippen molar-refractivity contribution in [3.8, 4) is 0 Å². The van der Waals surface area contributed by atoms with E-state index in [0.29, 0.717) is 11.3 Å². The molecule has 2 aromatic rings. The van der Waals surface area contributed by atoms with Gasteiger partial charge in [0.15, 0.2) is 0 Å². The summed E-state index contributed by atoms with van der Waals surface area (Å²) in [7, 11) is 0. The second kappa shape index (κ2) is 5.21. The average molecular weight is 230 g/mol. The lowest BCUT2D eigenvalue weighted by Crippen LogP contribution is -2.24. The average Bonchev–Trinajstić information content (AvgIpc) is 2.38. The topological polar surface area (TPSA) is 42.0 Å². The maximum absolute atomic E-state index is 13.3. The van der Waals surface area contributed by atoms with Gasteiger partial charge in [0.2, 0.25) is 0 Å². The number of nitrogens with one attached hydrogen (secondary N) is 1. The van der Waals surface area contributed by atoms with Crippen LogP contribution in [0.2, 0.25) is 0 Å². The molecule has 0 aliphatic carbocycles. The summed E-state index contributed by atoms with van der Waals surface area (Å²) in [6.45, 7) is 0.155. The lowest BCUT2D eigenvalue weighted by atomic mass is 10.2. The Labute approximate surface area is 98.3 Å². The number of aromatic nitrogens is 1. The Kier molecular flexibility index (Phi) is 3.45. The Morgan fingerprint density at radius 2 is 1.94 bits per heavy atom. The number of hydrogen-bond acceptors (Lipinski definition) is 2. The number of carbonyl (C=O) groups is 1. The Morgan fingerprint density at radius 1 is 1.18 bits per heavy atom. The molecule has 0 unspecified atom stereocenters. The zero-order chi connectivity index (χ0) is 12.1. The minimum Gasteiger partial charge on any atom is -0.347 e. The van der Waals surface area contributed by atoms with Crippen molar-refractivity contribution in [2.45, 2.75) is 6.54 Å². The first kappa shape index (κ1) is 11.3. The first-order valence-electron chi connectivity index (χ1n) is 5.20. The van der Waals surface area contributed by atoms with Crippen molar-refractivity contribution in [1.82, 2.24) is 10.3 Å². The molecule has 0 bridgehead atoms. The van der Waals surface area contributed by atoms with Gasteiger partial charge in [-0.25, -0.2) is 4.39 Å². The van der Waals surface area contributed by atoms with Gasteiger partial charge in [-0.2, -0.15) is 0 Å². The maximum Gasteiger partial charge on any atom is 0.270 e. The van der Waals surface area contributed by atoms with E-state index in [-0.39, 0.29) is 18.3 Å². The first-order chi connectivity index (χ1) is 8.27. The lowest BCUT2D eigenvalue weighted by molar-refractivity contribution is 0.0945. The summed E-state index contributed by atoms with van der Waals surface area (Å²) in [5.74, 6) is -0.636.